The number of H-pyrrole nitrogens is 1. The Morgan fingerprint density at radius 3 is 2.35 bits per heavy atom. The van der Waals surface area contributed by atoms with Gasteiger partial charge in [-0.25, -0.2) is 14.2 Å². The van der Waals surface area contributed by atoms with Crippen molar-refractivity contribution in [3.8, 4) is 0 Å². The van der Waals surface area contributed by atoms with Gasteiger partial charge in [-0.1, -0.05) is 20.8 Å². The standard InChI is InChI=1S/C15H19BrN2O4S/c1-7-8-10(23-9(7)16)17-13(22)18(11(8)19)15(5,12(20)21)6-14(2,3)4/h6H2,1-5H3,(H,17,22)(H,20,21). The van der Waals surface area contributed by atoms with Crippen LogP contribution in [0.2, 0.25) is 0 Å². The van der Waals surface area contributed by atoms with Gasteiger partial charge in [0, 0.05) is 0 Å². The average Bonchev–Trinajstić information content (AvgIpc) is 2.62. The molecule has 23 heavy (non-hydrogen) atoms. The fraction of sp³-hybridized carbons (Fsp3) is 0.533. The van der Waals surface area contributed by atoms with Crippen molar-refractivity contribution in [1.29, 1.82) is 0 Å². The van der Waals surface area contributed by atoms with Crippen LogP contribution in [0, 0.1) is 12.3 Å². The molecule has 0 spiro atoms. The molecule has 0 aromatic carbocycles. The first kappa shape index (κ1) is 17.9. The van der Waals surface area contributed by atoms with Crippen molar-refractivity contribution >= 4 is 43.5 Å². The minimum atomic E-state index is -1.63. The van der Waals surface area contributed by atoms with Crippen LogP contribution in [0.5, 0.6) is 0 Å². The van der Waals surface area contributed by atoms with E-state index in [0.29, 0.717) is 15.8 Å². The normalized spacial score (nSPS) is 14.9. The molecule has 2 aromatic rings. The lowest BCUT2D eigenvalue weighted by atomic mass is 9.80. The number of hydrogen-bond donors (Lipinski definition) is 2. The van der Waals surface area contributed by atoms with Crippen molar-refractivity contribution in [2.45, 2.75) is 46.6 Å². The summed E-state index contributed by atoms with van der Waals surface area (Å²) >= 11 is 4.60. The fourth-order valence-corrected chi connectivity index (χ4v) is 4.52. The van der Waals surface area contributed by atoms with E-state index in [4.69, 9.17) is 0 Å². The van der Waals surface area contributed by atoms with Crippen LogP contribution in [-0.2, 0) is 10.3 Å². The average molecular weight is 403 g/mol. The van der Waals surface area contributed by atoms with Gasteiger partial charge in [0.05, 0.1) is 9.17 Å². The van der Waals surface area contributed by atoms with E-state index in [1.807, 2.05) is 20.8 Å². The maximum atomic E-state index is 12.9. The van der Waals surface area contributed by atoms with Gasteiger partial charge in [-0.2, -0.15) is 0 Å². The summed E-state index contributed by atoms with van der Waals surface area (Å²) in [5.41, 5.74) is -2.58. The highest BCUT2D eigenvalue weighted by Crippen LogP contribution is 2.34. The summed E-state index contributed by atoms with van der Waals surface area (Å²) in [6.45, 7) is 8.80. The Hall–Kier alpha value is -1.41. The van der Waals surface area contributed by atoms with Gasteiger partial charge in [0.2, 0.25) is 0 Å². The molecule has 0 fully saturated rings. The number of aliphatic carboxylic acids is 1. The second-order valence-corrected chi connectivity index (χ2v) is 9.43. The number of carboxylic acid groups (broad SMARTS) is 1. The highest BCUT2D eigenvalue weighted by Gasteiger charge is 2.42. The Bertz CT molecular complexity index is 903. The monoisotopic (exact) mass is 402 g/mol. The number of hydrogen-bond acceptors (Lipinski definition) is 4. The van der Waals surface area contributed by atoms with Gasteiger partial charge >= 0.3 is 11.7 Å². The molecular weight excluding hydrogens is 384 g/mol. The predicted octanol–water partition coefficient (Wildman–Crippen LogP) is 3.06. The number of fused-ring (bicyclic) bond motifs is 1. The highest BCUT2D eigenvalue weighted by atomic mass is 79.9. The van der Waals surface area contributed by atoms with Crippen LogP contribution in [-0.4, -0.2) is 20.6 Å². The summed E-state index contributed by atoms with van der Waals surface area (Å²) in [6, 6.07) is 0. The molecule has 0 saturated carbocycles. The Kier molecular flexibility index (Phi) is 4.36. The smallest absolute Gasteiger partial charge is 0.330 e. The number of halogens is 1. The zero-order chi connectivity index (χ0) is 17.7. The van der Waals surface area contributed by atoms with Crippen molar-refractivity contribution in [2.75, 3.05) is 0 Å². The van der Waals surface area contributed by atoms with Crippen LogP contribution in [0.15, 0.2) is 13.4 Å². The zero-order valence-corrected chi connectivity index (χ0v) is 16.0. The van der Waals surface area contributed by atoms with Crippen LogP contribution in [0.4, 0.5) is 0 Å². The number of nitrogens with one attached hydrogen (secondary N) is 1. The Labute approximate surface area is 145 Å². The van der Waals surface area contributed by atoms with Gasteiger partial charge in [-0.3, -0.25) is 9.78 Å². The fourth-order valence-electron chi connectivity index (χ4n) is 2.92. The summed E-state index contributed by atoms with van der Waals surface area (Å²) in [5.74, 6) is -1.20. The maximum absolute atomic E-state index is 12.9. The first-order valence-electron chi connectivity index (χ1n) is 7.06. The van der Waals surface area contributed by atoms with E-state index in [2.05, 4.69) is 20.9 Å². The first-order valence-corrected chi connectivity index (χ1v) is 8.67. The number of thiophene rings is 1. The molecule has 2 N–H and O–H groups in total. The summed E-state index contributed by atoms with van der Waals surface area (Å²) in [4.78, 5) is 40.3. The summed E-state index contributed by atoms with van der Waals surface area (Å²) < 4.78 is 1.58. The van der Waals surface area contributed by atoms with Gasteiger partial charge in [0.15, 0.2) is 0 Å². The highest BCUT2D eigenvalue weighted by molar-refractivity contribution is 9.11. The molecule has 0 saturated heterocycles. The summed E-state index contributed by atoms with van der Waals surface area (Å²) in [7, 11) is 0. The van der Waals surface area contributed by atoms with Crippen molar-refractivity contribution in [2.24, 2.45) is 5.41 Å². The van der Waals surface area contributed by atoms with E-state index >= 15 is 0 Å². The van der Waals surface area contributed by atoms with E-state index in [1.165, 1.54) is 18.3 Å². The topological polar surface area (TPSA) is 92.2 Å². The number of rotatable bonds is 3. The van der Waals surface area contributed by atoms with Crippen LogP contribution < -0.4 is 11.2 Å². The van der Waals surface area contributed by atoms with Crippen LogP contribution in [0.3, 0.4) is 0 Å². The molecule has 0 radical (unpaired) electrons. The summed E-state index contributed by atoms with van der Waals surface area (Å²) in [6.07, 6.45) is 0.147. The molecule has 2 aromatic heterocycles. The Morgan fingerprint density at radius 2 is 1.87 bits per heavy atom. The molecule has 2 heterocycles. The SMILES string of the molecule is Cc1c(Br)sc2[nH]c(=O)n(C(C)(CC(C)(C)C)C(=O)O)c(=O)c12. The lowest BCUT2D eigenvalue weighted by Gasteiger charge is -2.32. The molecule has 1 atom stereocenters. The third-order valence-corrected chi connectivity index (χ3v) is 5.83. The third kappa shape index (κ3) is 3.01. The lowest BCUT2D eigenvalue weighted by Crippen LogP contribution is -2.53. The van der Waals surface area contributed by atoms with Crippen LogP contribution in [0.25, 0.3) is 10.2 Å². The largest absolute Gasteiger partial charge is 0.479 e. The molecule has 2 rings (SSSR count). The second-order valence-electron chi connectivity index (χ2n) is 7.09. The Balaban J connectivity index is 2.90. The van der Waals surface area contributed by atoms with E-state index < -0.39 is 22.8 Å². The number of aromatic nitrogens is 2. The molecule has 126 valence electrons. The molecule has 8 heteroatoms. The number of aryl methyl sites for hydroxylation is 1. The minimum Gasteiger partial charge on any atom is -0.479 e. The Morgan fingerprint density at radius 1 is 1.30 bits per heavy atom. The van der Waals surface area contributed by atoms with E-state index in [-0.39, 0.29) is 11.8 Å². The van der Waals surface area contributed by atoms with Crippen molar-refractivity contribution in [3.63, 3.8) is 0 Å². The number of carbonyl (C=O) groups is 1. The van der Waals surface area contributed by atoms with Gasteiger partial charge in [0.1, 0.15) is 10.4 Å². The molecule has 0 aliphatic rings. The lowest BCUT2D eigenvalue weighted by molar-refractivity contribution is -0.148. The number of carboxylic acids is 1. The second kappa shape index (κ2) is 5.59. The molecule has 0 amide bonds. The van der Waals surface area contributed by atoms with E-state index in [0.717, 1.165) is 8.35 Å². The van der Waals surface area contributed by atoms with Crippen molar-refractivity contribution < 1.29 is 9.90 Å². The quantitative estimate of drug-likeness (QED) is 0.824. The van der Waals surface area contributed by atoms with Crippen LogP contribution in [0.1, 0.15) is 39.7 Å². The van der Waals surface area contributed by atoms with Gasteiger partial charge in [0.25, 0.3) is 5.56 Å². The number of nitrogens with zero attached hydrogens (tertiary/aromatic N) is 1. The van der Waals surface area contributed by atoms with E-state index in [1.54, 1.807) is 6.92 Å². The first-order chi connectivity index (χ1) is 10.4. The minimum absolute atomic E-state index is 0.147. The molecule has 6 nitrogen and oxygen atoms in total. The molecule has 0 aliphatic carbocycles. The number of aromatic amines is 1. The van der Waals surface area contributed by atoms with E-state index in [9.17, 15) is 19.5 Å². The van der Waals surface area contributed by atoms with Crippen LogP contribution >= 0.6 is 27.3 Å². The molecular formula is C15H19BrN2O4S. The van der Waals surface area contributed by atoms with Gasteiger partial charge < -0.3 is 5.11 Å². The van der Waals surface area contributed by atoms with Crippen molar-refractivity contribution in [3.05, 3.63) is 30.2 Å². The predicted molar refractivity (Wildman–Crippen MR) is 94.5 cm³/mol. The van der Waals surface area contributed by atoms with Crippen molar-refractivity contribution in [1.82, 2.24) is 9.55 Å². The molecule has 0 bridgehead atoms. The third-order valence-electron chi connectivity index (χ3n) is 3.76. The van der Waals surface area contributed by atoms with Gasteiger partial charge in [-0.15, -0.1) is 11.3 Å². The zero-order valence-electron chi connectivity index (χ0n) is 13.6. The van der Waals surface area contributed by atoms with Gasteiger partial charge in [-0.05, 0) is 47.2 Å². The molecule has 1 unspecified atom stereocenters. The molecule has 0 aliphatic heterocycles. The maximum Gasteiger partial charge on any atom is 0.330 e. The summed E-state index contributed by atoms with van der Waals surface area (Å²) in [5, 5.41) is 10.1.